The fourth-order valence-electron chi connectivity index (χ4n) is 1.83. The molecule has 7 heteroatoms. The highest BCUT2D eigenvalue weighted by atomic mass is 16.4. The molecule has 3 aromatic rings. The molecule has 7 nitrogen and oxygen atoms in total. The smallest absolute Gasteiger partial charge is 0.315 e. The van der Waals surface area contributed by atoms with E-state index in [9.17, 15) is 0 Å². The molecule has 0 saturated heterocycles. The van der Waals surface area contributed by atoms with Crippen LogP contribution in [0.3, 0.4) is 0 Å². The van der Waals surface area contributed by atoms with Crippen LogP contribution in [0.25, 0.3) is 5.69 Å². The summed E-state index contributed by atoms with van der Waals surface area (Å²) in [5.74, 6) is 0.600. The van der Waals surface area contributed by atoms with Gasteiger partial charge in [0.15, 0.2) is 0 Å². The standard InChI is InChI=1S/C15H18N6O/c1-15(2,3)13-18-19-14(22-13)16-9-11-10-17-21(20-11)12-7-5-4-6-8-12/h4-8,10H,9H2,1-3H3,(H,16,19). The number of anilines is 1. The van der Waals surface area contributed by atoms with Gasteiger partial charge in [0.2, 0.25) is 5.89 Å². The van der Waals surface area contributed by atoms with E-state index in [4.69, 9.17) is 4.42 Å². The maximum atomic E-state index is 5.57. The number of nitrogens with zero attached hydrogens (tertiary/aromatic N) is 5. The average molecular weight is 298 g/mol. The Kier molecular flexibility index (Phi) is 3.62. The van der Waals surface area contributed by atoms with Crippen LogP contribution in [0.15, 0.2) is 40.9 Å². The number of hydrogen-bond donors (Lipinski definition) is 1. The number of nitrogens with one attached hydrogen (secondary N) is 1. The molecule has 0 unspecified atom stereocenters. The molecule has 3 rings (SSSR count). The van der Waals surface area contributed by atoms with E-state index in [1.165, 1.54) is 0 Å². The molecule has 0 saturated carbocycles. The quantitative estimate of drug-likeness (QED) is 0.797. The molecule has 0 atom stereocenters. The molecule has 0 aliphatic heterocycles. The molecule has 0 spiro atoms. The Hall–Kier alpha value is -2.70. The zero-order valence-corrected chi connectivity index (χ0v) is 12.8. The third-order valence-corrected chi connectivity index (χ3v) is 3.01. The van der Waals surface area contributed by atoms with Crippen LogP contribution in [0.5, 0.6) is 0 Å². The largest absolute Gasteiger partial charge is 0.408 e. The zero-order valence-electron chi connectivity index (χ0n) is 12.8. The van der Waals surface area contributed by atoms with Crippen molar-refractivity contribution in [3.05, 3.63) is 48.1 Å². The van der Waals surface area contributed by atoms with E-state index in [2.05, 4.69) is 25.7 Å². The fourth-order valence-corrected chi connectivity index (χ4v) is 1.83. The Morgan fingerprint density at radius 2 is 1.91 bits per heavy atom. The summed E-state index contributed by atoms with van der Waals surface area (Å²) in [7, 11) is 0. The molecule has 114 valence electrons. The van der Waals surface area contributed by atoms with Gasteiger partial charge in [0.05, 0.1) is 18.4 Å². The predicted molar refractivity (Wildman–Crippen MR) is 81.7 cm³/mol. The van der Waals surface area contributed by atoms with Gasteiger partial charge in [-0.1, -0.05) is 44.1 Å². The molecule has 1 N–H and O–H groups in total. The van der Waals surface area contributed by atoms with E-state index < -0.39 is 0 Å². The van der Waals surface area contributed by atoms with Crippen LogP contribution in [-0.2, 0) is 12.0 Å². The van der Waals surface area contributed by atoms with Crippen molar-refractivity contribution >= 4 is 6.01 Å². The first-order valence-corrected chi connectivity index (χ1v) is 7.07. The molecular formula is C15H18N6O. The van der Waals surface area contributed by atoms with Crippen molar-refractivity contribution in [2.75, 3.05) is 5.32 Å². The molecule has 0 fully saturated rings. The van der Waals surface area contributed by atoms with Crippen LogP contribution < -0.4 is 5.32 Å². The van der Waals surface area contributed by atoms with Crippen molar-refractivity contribution in [1.29, 1.82) is 0 Å². The lowest BCUT2D eigenvalue weighted by Crippen LogP contribution is -2.11. The second kappa shape index (κ2) is 5.59. The molecule has 0 aliphatic carbocycles. The lowest BCUT2D eigenvalue weighted by Gasteiger charge is -2.10. The highest BCUT2D eigenvalue weighted by Crippen LogP contribution is 2.22. The van der Waals surface area contributed by atoms with E-state index in [1.807, 2.05) is 51.1 Å². The molecule has 0 aliphatic rings. The summed E-state index contributed by atoms with van der Waals surface area (Å²) < 4.78 is 5.57. The second-order valence-corrected chi connectivity index (χ2v) is 5.98. The lowest BCUT2D eigenvalue weighted by molar-refractivity contribution is 0.399. The Morgan fingerprint density at radius 3 is 2.59 bits per heavy atom. The van der Waals surface area contributed by atoms with Crippen molar-refractivity contribution in [2.45, 2.75) is 32.7 Å². The summed E-state index contributed by atoms with van der Waals surface area (Å²) in [5, 5.41) is 19.7. The van der Waals surface area contributed by atoms with E-state index in [-0.39, 0.29) is 5.41 Å². The fraction of sp³-hybridized carbons (Fsp3) is 0.333. The highest BCUT2D eigenvalue weighted by Gasteiger charge is 2.21. The van der Waals surface area contributed by atoms with E-state index in [1.54, 1.807) is 11.0 Å². The normalized spacial score (nSPS) is 11.6. The van der Waals surface area contributed by atoms with Gasteiger partial charge in [0.1, 0.15) is 5.69 Å². The van der Waals surface area contributed by atoms with E-state index >= 15 is 0 Å². The highest BCUT2D eigenvalue weighted by molar-refractivity contribution is 5.28. The molecule has 2 aromatic heterocycles. The Labute approximate surface area is 128 Å². The number of aromatic nitrogens is 5. The zero-order chi connectivity index (χ0) is 15.6. The van der Waals surface area contributed by atoms with Gasteiger partial charge < -0.3 is 9.73 Å². The van der Waals surface area contributed by atoms with Crippen LogP contribution in [0.2, 0.25) is 0 Å². The number of benzene rings is 1. The summed E-state index contributed by atoms with van der Waals surface area (Å²) in [5.41, 5.74) is 1.55. The van der Waals surface area contributed by atoms with Gasteiger partial charge in [-0.3, -0.25) is 0 Å². The molecule has 2 heterocycles. The Morgan fingerprint density at radius 1 is 1.14 bits per heavy atom. The molecule has 22 heavy (non-hydrogen) atoms. The van der Waals surface area contributed by atoms with Crippen molar-refractivity contribution in [2.24, 2.45) is 0 Å². The van der Waals surface area contributed by atoms with Crippen LogP contribution >= 0.6 is 0 Å². The maximum Gasteiger partial charge on any atom is 0.315 e. The van der Waals surface area contributed by atoms with Crippen molar-refractivity contribution in [1.82, 2.24) is 25.2 Å². The molecule has 0 bridgehead atoms. The van der Waals surface area contributed by atoms with Crippen LogP contribution in [-0.4, -0.2) is 25.2 Å². The van der Waals surface area contributed by atoms with Gasteiger partial charge in [0, 0.05) is 5.41 Å². The topological polar surface area (TPSA) is 81.7 Å². The first kappa shape index (κ1) is 14.2. The van der Waals surface area contributed by atoms with Gasteiger partial charge in [-0.25, -0.2) is 0 Å². The summed E-state index contributed by atoms with van der Waals surface area (Å²) in [6.45, 7) is 6.54. The van der Waals surface area contributed by atoms with Gasteiger partial charge in [0.25, 0.3) is 0 Å². The van der Waals surface area contributed by atoms with Gasteiger partial charge in [-0.2, -0.15) is 15.0 Å². The molecule has 1 aromatic carbocycles. The SMILES string of the molecule is CC(C)(C)c1nnc(NCc2cnn(-c3ccccc3)n2)o1. The number of rotatable bonds is 4. The Bertz CT molecular complexity index is 741. The van der Waals surface area contributed by atoms with Crippen LogP contribution in [0.4, 0.5) is 6.01 Å². The van der Waals surface area contributed by atoms with Gasteiger partial charge >= 0.3 is 6.01 Å². The summed E-state index contributed by atoms with van der Waals surface area (Å²) in [6.07, 6.45) is 1.71. The van der Waals surface area contributed by atoms with Crippen molar-refractivity contribution < 1.29 is 4.42 Å². The first-order valence-electron chi connectivity index (χ1n) is 7.07. The molecule has 0 radical (unpaired) electrons. The summed E-state index contributed by atoms with van der Waals surface area (Å²) >= 11 is 0. The first-order chi connectivity index (χ1) is 10.5. The number of para-hydroxylation sites is 1. The average Bonchev–Trinajstić information content (AvgIpc) is 3.15. The van der Waals surface area contributed by atoms with Crippen LogP contribution in [0, 0.1) is 0 Å². The monoisotopic (exact) mass is 298 g/mol. The Balaban J connectivity index is 1.65. The van der Waals surface area contributed by atoms with Crippen molar-refractivity contribution in [3.8, 4) is 5.69 Å². The van der Waals surface area contributed by atoms with Gasteiger partial charge in [-0.15, -0.1) is 5.10 Å². The molecule has 0 amide bonds. The van der Waals surface area contributed by atoms with Crippen molar-refractivity contribution in [3.63, 3.8) is 0 Å². The second-order valence-electron chi connectivity index (χ2n) is 5.98. The molecular weight excluding hydrogens is 280 g/mol. The maximum absolute atomic E-state index is 5.57. The third kappa shape index (κ3) is 3.13. The minimum absolute atomic E-state index is 0.163. The van der Waals surface area contributed by atoms with Gasteiger partial charge in [-0.05, 0) is 12.1 Å². The minimum atomic E-state index is -0.163. The van der Waals surface area contributed by atoms with E-state index in [0.717, 1.165) is 11.4 Å². The summed E-state index contributed by atoms with van der Waals surface area (Å²) in [6, 6.07) is 10.1. The van der Waals surface area contributed by atoms with Crippen LogP contribution in [0.1, 0.15) is 32.4 Å². The lowest BCUT2D eigenvalue weighted by atomic mass is 9.97. The van der Waals surface area contributed by atoms with E-state index in [0.29, 0.717) is 18.5 Å². The number of hydrogen-bond acceptors (Lipinski definition) is 6. The summed E-state index contributed by atoms with van der Waals surface area (Å²) in [4.78, 5) is 1.59. The third-order valence-electron chi connectivity index (χ3n) is 3.01. The predicted octanol–water partition coefficient (Wildman–Crippen LogP) is 2.56. The minimum Gasteiger partial charge on any atom is -0.408 e.